The van der Waals surface area contributed by atoms with Crippen LogP contribution in [0.15, 0.2) is 17.1 Å². The summed E-state index contributed by atoms with van der Waals surface area (Å²) >= 11 is -0.826. The van der Waals surface area contributed by atoms with Crippen LogP contribution in [-0.2, 0) is 20.8 Å². The number of hydrogen-bond donors (Lipinski definition) is 1. The van der Waals surface area contributed by atoms with Crippen LogP contribution in [0.3, 0.4) is 0 Å². The molecule has 0 radical (unpaired) electrons. The van der Waals surface area contributed by atoms with E-state index in [0.717, 1.165) is 43.9 Å². The van der Waals surface area contributed by atoms with Crippen molar-refractivity contribution >= 4 is 28.9 Å². The topological polar surface area (TPSA) is 32.6 Å². The van der Waals surface area contributed by atoms with Gasteiger partial charge in [-0.05, 0) is 42.9 Å². The average Bonchev–Trinajstić information content (AvgIpc) is 2.74. The predicted octanol–water partition coefficient (Wildman–Crippen LogP) is 7.57. The average molecular weight is 545 g/mol. The molecule has 30 heavy (non-hydrogen) atoms. The molecular weight excluding hydrogens is 527 g/mol. The number of phenols is 1. The van der Waals surface area contributed by atoms with Gasteiger partial charge in [0.15, 0.2) is 23.3 Å². The Morgan fingerprint density at radius 1 is 0.933 bits per heavy atom. The van der Waals surface area contributed by atoms with E-state index in [1.807, 2.05) is 6.07 Å². The second kappa shape index (κ2) is 11.6. The molecule has 1 fully saturated rings. The monoisotopic (exact) mass is 543 g/mol. The van der Waals surface area contributed by atoms with E-state index in [9.17, 15) is 27.1 Å². The third-order valence-corrected chi connectivity index (χ3v) is 4.88. The van der Waals surface area contributed by atoms with E-state index in [1.54, 1.807) is 6.92 Å². The maximum atomic E-state index is 13.8. The van der Waals surface area contributed by atoms with Gasteiger partial charge in [0.2, 0.25) is 5.82 Å². The number of hydrogen-bond acceptors (Lipinski definition) is 2. The standard InChI is InChI=1S/C20H18F5NO.2ClH.Zr/c1-10-7-12(20(27)13(8-10)11-5-3-2-4-6-11)9-26-19-17(24)15(22)14(21)16(23)18(19)25;;;/h7-9,11,27H,2-6H2,1H3;2*1H;/q;;;+2/p-2. The fourth-order valence-electron chi connectivity index (χ4n) is 3.50. The van der Waals surface area contributed by atoms with Gasteiger partial charge in [-0.25, -0.2) is 26.9 Å². The van der Waals surface area contributed by atoms with Crippen molar-refractivity contribution < 1.29 is 47.9 Å². The SMILES string of the molecule is Cc1cc(C=Nc2c(F)c(F)c(F)c(F)c2F)c(O)c(C2CCCCC2)c1.[Cl][Zr][Cl]. The van der Waals surface area contributed by atoms with Crippen molar-refractivity contribution in [2.45, 2.75) is 44.9 Å². The van der Waals surface area contributed by atoms with Crippen LogP contribution < -0.4 is 0 Å². The van der Waals surface area contributed by atoms with Crippen molar-refractivity contribution in [3.8, 4) is 5.75 Å². The molecule has 0 atom stereocenters. The molecule has 0 aliphatic heterocycles. The molecule has 2 nitrogen and oxygen atoms in total. The van der Waals surface area contributed by atoms with E-state index in [-0.39, 0.29) is 17.2 Å². The molecule has 0 saturated heterocycles. The van der Waals surface area contributed by atoms with Crippen LogP contribution in [0.2, 0.25) is 0 Å². The van der Waals surface area contributed by atoms with Gasteiger partial charge in [0, 0.05) is 11.8 Å². The second-order valence-electron chi connectivity index (χ2n) is 6.88. The molecule has 2 aromatic rings. The molecule has 0 heterocycles. The normalized spacial score (nSPS) is 14.5. The Bertz CT molecular complexity index is 907. The van der Waals surface area contributed by atoms with Crippen molar-refractivity contribution in [2.75, 3.05) is 0 Å². The summed E-state index contributed by atoms with van der Waals surface area (Å²) < 4.78 is 67.2. The van der Waals surface area contributed by atoms with Gasteiger partial charge in [0.25, 0.3) is 0 Å². The van der Waals surface area contributed by atoms with Gasteiger partial charge in [-0.1, -0.05) is 25.3 Å². The molecule has 1 aliphatic rings. The molecule has 10 heteroatoms. The van der Waals surface area contributed by atoms with Gasteiger partial charge >= 0.3 is 37.9 Å². The first-order chi connectivity index (χ1) is 14.2. The molecule has 1 saturated carbocycles. The van der Waals surface area contributed by atoms with E-state index in [0.29, 0.717) is 5.56 Å². The van der Waals surface area contributed by atoms with Crippen LogP contribution in [-0.4, -0.2) is 11.3 Å². The number of nitrogens with zero attached hydrogens (tertiary/aromatic N) is 1. The quantitative estimate of drug-likeness (QED) is 0.184. The summed E-state index contributed by atoms with van der Waals surface area (Å²) in [5, 5.41) is 10.5. The van der Waals surface area contributed by atoms with Gasteiger partial charge < -0.3 is 5.11 Å². The van der Waals surface area contributed by atoms with E-state index >= 15 is 0 Å². The number of aromatic hydroxyl groups is 1. The molecule has 0 bridgehead atoms. The Labute approximate surface area is 189 Å². The van der Waals surface area contributed by atoms with Crippen molar-refractivity contribution in [2.24, 2.45) is 4.99 Å². The Kier molecular flexibility index (Phi) is 9.77. The zero-order valence-corrected chi connectivity index (χ0v) is 19.9. The molecule has 162 valence electrons. The minimum absolute atomic E-state index is 0.0832. The molecular formula is C20H18Cl2F5NOZr. The summed E-state index contributed by atoms with van der Waals surface area (Å²) in [5.74, 6) is -10.3. The van der Waals surface area contributed by atoms with Crippen molar-refractivity contribution in [1.82, 2.24) is 0 Å². The molecule has 0 unspecified atom stereocenters. The molecule has 1 N–H and O–H groups in total. The molecule has 2 aromatic carbocycles. The number of halogens is 7. The third kappa shape index (κ3) is 5.83. The molecule has 0 amide bonds. The van der Waals surface area contributed by atoms with E-state index in [1.165, 1.54) is 6.07 Å². The summed E-state index contributed by atoms with van der Waals surface area (Å²) in [5.41, 5.74) is 0.395. The Morgan fingerprint density at radius 3 is 1.97 bits per heavy atom. The van der Waals surface area contributed by atoms with Gasteiger partial charge in [0.1, 0.15) is 11.4 Å². The molecule has 0 aromatic heterocycles. The van der Waals surface area contributed by atoms with Gasteiger partial charge in [-0.2, -0.15) is 0 Å². The number of rotatable bonds is 3. The Morgan fingerprint density at radius 2 is 1.43 bits per heavy atom. The molecule has 1 aliphatic carbocycles. The number of benzene rings is 2. The fourth-order valence-corrected chi connectivity index (χ4v) is 3.50. The van der Waals surface area contributed by atoms with Crippen LogP contribution in [0.1, 0.15) is 54.7 Å². The second-order valence-corrected chi connectivity index (χ2v) is 10.6. The summed E-state index contributed by atoms with van der Waals surface area (Å²) in [4.78, 5) is 3.44. The summed E-state index contributed by atoms with van der Waals surface area (Å²) in [6, 6.07) is 3.39. The molecule has 3 rings (SSSR count). The van der Waals surface area contributed by atoms with Gasteiger partial charge in [-0.15, -0.1) is 0 Å². The van der Waals surface area contributed by atoms with Crippen LogP contribution >= 0.6 is 17.0 Å². The van der Waals surface area contributed by atoms with Gasteiger partial charge in [-0.3, -0.25) is 0 Å². The van der Waals surface area contributed by atoms with Crippen LogP contribution in [0.25, 0.3) is 0 Å². The Balaban J connectivity index is 0.00000101. The number of aryl methyl sites for hydroxylation is 1. The van der Waals surface area contributed by atoms with Gasteiger partial charge in [0.05, 0.1) is 0 Å². The third-order valence-electron chi connectivity index (χ3n) is 4.88. The first-order valence-electron chi connectivity index (χ1n) is 9.08. The Hall–Kier alpha value is -0.977. The minimum atomic E-state index is -2.23. The van der Waals surface area contributed by atoms with Crippen molar-refractivity contribution in [1.29, 1.82) is 0 Å². The van der Waals surface area contributed by atoms with E-state index in [2.05, 4.69) is 4.99 Å². The number of aliphatic imine (C=N–C) groups is 1. The molecule has 0 spiro atoms. The zero-order valence-electron chi connectivity index (χ0n) is 15.9. The van der Waals surface area contributed by atoms with Crippen LogP contribution in [0.5, 0.6) is 5.75 Å². The fraction of sp³-hybridized carbons (Fsp3) is 0.350. The van der Waals surface area contributed by atoms with Crippen molar-refractivity contribution in [3.05, 3.63) is 57.9 Å². The summed E-state index contributed by atoms with van der Waals surface area (Å²) in [6.45, 7) is 1.79. The van der Waals surface area contributed by atoms with Crippen molar-refractivity contribution in [3.63, 3.8) is 0 Å². The number of phenolic OH excluding ortho intramolecular Hbond substituents is 1. The van der Waals surface area contributed by atoms with Crippen LogP contribution in [0, 0.1) is 36.0 Å². The first kappa shape index (κ1) is 25.3. The van der Waals surface area contributed by atoms with Crippen LogP contribution in [0.4, 0.5) is 27.6 Å². The predicted molar refractivity (Wildman–Crippen MR) is 104 cm³/mol. The first-order valence-corrected chi connectivity index (χ1v) is 15.4. The zero-order chi connectivity index (χ0) is 22.4. The summed E-state index contributed by atoms with van der Waals surface area (Å²) in [6.07, 6.45) is 6.00. The van der Waals surface area contributed by atoms with E-state index < -0.39 is 55.6 Å². The maximum absolute atomic E-state index is 13.8. The van der Waals surface area contributed by atoms with E-state index in [4.69, 9.17) is 17.0 Å². The summed E-state index contributed by atoms with van der Waals surface area (Å²) in [7, 11) is 9.87.